The molecule has 1 N–H and O–H groups in total. The van der Waals surface area contributed by atoms with Crippen LogP contribution in [0.3, 0.4) is 0 Å². The van der Waals surface area contributed by atoms with E-state index in [2.05, 4.69) is 86.4 Å². The van der Waals surface area contributed by atoms with Gasteiger partial charge in [-0.25, -0.2) is 0 Å². The van der Waals surface area contributed by atoms with Crippen molar-refractivity contribution in [1.29, 1.82) is 5.26 Å². The van der Waals surface area contributed by atoms with Gasteiger partial charge in [-0.05, 0) is 98.7 Å². The molecule has 2 saturated carbocycles. The second-order valence-electron chi connectivity index (χ2n) is 15.1. The van der Waals surface area contributed by atoms with Gasteiger partial charge in [-0.1, -0.05) is 80.0 Å². The third kappa shape index (κ3) is 4.85. The monoisotopic (exact) mass is 536 g/mol. The largest absolute Gasteiger partial charge is 0.356 e. The summed E-state index contributed by atoms with van der Waals surface area (Å²) in [6, 6.07) is 2.27. The number of hydrogen-bond donors (Lipinski definition) is 1. The number of fused-ring (bicyclic) bond motifs is 1. The van der Waals surface area contributed by atoms with Crippen LogP contribution in [-0.2, 0) is 9.59 Å². The highest BCUT2D eigenvalue weighted by Gasteiger charge is 2.63. The molecule has 4 heteroatoms. The number of nitrogens with zero attached hydrogens (tertiary/aromatic N) is 1. The van der Waals surface area contributed by atoms with Crippen LogP contribution in [-0.4, -0.2) is 18.2 Å². The molecule has 0 saturated heterocycles. The number of ketones is 1. The maximum absolute atomic E-state index is 13.7. The predicted molar refractivity (Wildman–Crippen MR) is 161 cm³/mol. The van der Waals surface area contributed by atoms with Crippen LogP contribution in [0.25, 0.3) is 0 Å². The number of carbonyl (C=O) groups is 2. The Morgan fingerprint density at radius 3 is 2.33 bits per heavy atom. The molecule has 218 valence electrons. The van der Waals surface area contributed by atoms with Crippen LogP contribution in [0, 0.1) is 62.1 Å². The average molecular weight is 537 g/mol. The van der Waals surface area contributed by atoms with E-state index in [0.717, 1.165) is 51.4 Å². The highest BCUT2D eigenvalue weighted by atomic mass is 16.2. The highest BCUT2D eigenvalue weighted by molar-refractivity contribution is 6.04. The Bertz CT molecular complexity index is 1060. The molecular formula is C35H56N2O2. The van der Waals surface area contributed by atoms with Crippen LogP contribution < -0.4 is 5.32 Å². The first-order valence-electron chi connectivity index (χ1n) is 15.6. The molecule has 2 fully saturated rings. The van der Waals surface area contributed by atoms with E-state index in [-0.39, 0.29) is 45.2 Å². The van der Waals surface area contributed by atoms with Crippen molar-refractivity contribution in [2.75, 3.05) is 6.54 Å². The lowest BCUT2D eigenvalue weighted by molar-refractivity contribution is -0.154. The van der Waals surface area contributed by atoms with Crippen molar-refractivity contribution in [1.82, 2.24) is 5.32 Å². The van der Waals surface area contributed by atoms with E-state index in [1.807, 2.05) is 6.92 Å². The van der Waals surface area contributed by atoms with Crippen molar-refractivity contribution in [3.63, 3.8) is 0 Å². The third-order valence-electron chi connectivity index (χ3n) is 12.6. The normalized spacial score (nSPS) is 38.0. The van der Waals surface area contributed by atoms with Gasteiger partial charge >= 0.3 is 0 Å². The predicted octanol–water partition coefficient (Wildman–Crippen LogP) is 8.44. The molecule has 0 aliphatic heterocycles. The van der Waals surface area contributed by atoms with Crippen LogP contribution in [0.2, 0.25) is 0 Å². The van der Waals surface area contributed by atoms with Crippen LogP contribution in [0.4, 0.5) is 0 Å². The van der Waals surface area contributed by atoms with Crippen molar-refractivity contribution >= 4 is 11.7 Å². The summed E-state index contributed by atoms with van der Waals surface area (Å²) in [6.07, 6.45) is 10.1. The Hall–Kier alpha value is -1.89. The Balaban J connectivity index is 2.02. The van der Waals surface area contributed by atoms with Crippen molar-refractivity contribution in [2.24, 2.45) is 50.7 Å². The summed E-state index contributed by atoms with van der Waals surface area (Å²) in [7, 11) is 0. The average Bonchev–Trinajstić information content (AvgIpc) is 3.20. The van der Waals surface area contributed by atoms with Crippen molar-refractivity contribution in [2.45, 2.75) is 121 Å². The van der Waals surface area contributed by atoms with Gasteiger partial charge in [0.15, 0.2) is 5.78 Å². The minimum Gasteiger partial charge on any atom is -0.356 e. The van der Waals surface area contributed by atoms with E-state index < -0.39 is 5.41 Å². The zero-order chi connectivity index (χ0) is 29.6. The summed E-state index contributed by atoms with van der Waals surface area (Å²) in [5.41, 5.74) is 0.429. The summed E-state index contributed by atoms with van der Waals surface area (Å²) >= 11 is 0. The zero-order valence-corrected chi connectivity index (χ0v) is 26.7. The lowest BCUT2D eigenvalue weighted by Crippen LogP contribution is -2.59. The summed E-state index contributed by atoms with van der Waals surface area (Å²) in [4.78, 5) is 27.0. The molecular weight excluding hydrogens is 480 g/mol. The molecule has 39 heavy (non-hydrogen) atoms. The summed E-state index contributed by atoms with van der Waals surface area (Å²) in [6.45, 7) is 27.4. The molecule has 0 aromatic carbocycles. The van der Waals surface area contributed by atoms with Crippen molar-refractivity contribution < 1.29 is 9.59 Å². The molecule has 0 aromatic heterocycles. The number of amides is 1. The molecule has 3 aliphatic rings. The number of carbonyl (C=O) groups excluding carboxylic acids is 2. The van der Waals surface area contributed by atoms with Gasteiger partial charge in [0.1, 0.15) is 6.07 Å². The maximum Gasteiger partial charge on any atom is 0.226 e. The van der Waals surface area contributed by atoms with Crippen LogP contribution >= 0.6 is 0 Å². The number of Topliss-reactive ketones (excluding diaryl/α,β-unsaturated/α-hetero) is 1. The van der Waals surface area contributed by atoms with Gasteiger partial charge in [0.2, 0.25) is 5.91 Å². The molecule has 0 spiro atoms. The fourth-order valence-corrected chi connectivity index (χ4v) is 9.78. The second kappa shape index (κ2) is 10.8. The Kier molecular flexibility index (Phi) is 8.79. The van der Waals surface area contributed by atoms with Gasteiger partial charge in [-0.2, -0.15) is 5.26 Å². The van der Waals surface area contributed by atoms with Gasteiger partial charge in [0.25, 0.3) is 0 Å². The first-order valence-corrected chi connectivity index (χ1v) is 15.6. The molecule has 1 unspecified atom stereocenters. The smallest absolute Gasteiger partial charge is 0.226 e. The van der Waals surface area contributed by atoms with Gasteiger partial charge in [-0.3, -0.25) is 9.59 Å². The van der Waals surface area contributed by atoms with E-state index in [9.17, 15) is 14.9 Å². The molecule has 3 aliphatic carbocycles. The molecule has 0 radical (unpaired) electrons. The first kappa shape index (κ1) is 31.6. The standard InChI is InChI=1S/C35H56N2O2/c1-12-14-28-33(10)21-25(22-36)29(38)32(8,9)27(33)16-17-34(28,11)31(6,7)19-20-35(30(39)37-13-2)18-15-26(23(3)4)24(35)5/h21,24,26-28H,3,12-20H2,1-2,4-11H3,(H,37,39)/t24-,26-,27-,28?,33-,34+,35-/m0/s1. The van der Waals surface area contributed by atoms with Crippen molar-refractivity contribution in [3.05, 3.63) is 23.8 Å². The Morgan fingerprint density at radius 1 is 1.18 bits per heavy atom. The fourth-order valence-electron chi connectivity index (χ4n) is 9.78. The number of nitriles is 1. The van der Waals surface area contributed by atoms with E-state index in [1.165, 1.54) is 5.57 Å². The molecule has 0 heterocycles. The molecule has 0 aromatic rings. The lowest BCUT2D eigenvalue weighted by atomic mass is 9.39. The summed E-state index contributed by atoms with van der Waals surface area (Å²) < 4.78 is 0. The van der Waals surface area contributed by atoms with Gasteiger partial charge in [0, 0.05) is 12.0 Å². The van der Waals surface area contributed by atoms with E-state index in [1.54, 1.807) is 0 Å². The molecule has 1 amide bonds. The Morgan fingerprint density at radius 2 is 1.82 bits per heavy atom. The third-order valence-corrected chi connectivity index (χ3v) is 12.6. The van der Waals surface area contributed by atoms with E-state index in [0.29, 0.717) is 24.0 Å². The van der Waals surface area contributed by atoms with Crippen LogP contribution in [0.1, 0.15) is 121 Å². The number of allylic oxidation sites excluding steroid dienone is 3. The summed E-state index contributed by atoms with van der Waals surface area (Å²) in [5.74, 6) is 1.47. The van der Waals surface area contributed by atoms with Crippen LogP contribution in [0.5, 0.6) is 0 Å². The maximum atomic E-state index is 13.7. The van der Waals surface area contributed by atoms with E-state index >= 15 is 0 Å². The van der Waals surface area contributed by atoms with Crippen molar-refractivity contribution in [3.8, 4) is 6.07 Å². The highest BCUT2D eigenvalue weighted by Crippen LogP contribution is 2.68. The molecule has 3 rings (SSSR count). The molecule has 7 atom stereocenters. The fraction of sp³-hybridized carbons (Fsp3) is 0.800. The minimum absolute atomic E-state index is 0.0109. The molecule has 4 nitrogen and oxygen atoms in total. The zero-order valence-electron chi connectivity index (χ0n) is 26.7. The second-order valence-corrected chi connectivity index (χ2v) is 15.1. The number of rotatable bonds is 9. The number of hydrogen-bond acceptors (Lipinski definition) is 3. The SMILES string of the molecule is C=C(C)[C@@H]1CC[C@@](CCC(C)(C)[C@]2(C)CC[C@H]3C(C)(C)C(=O)C(C#N)=C[C@]3(C)C2CCC)(C(=O)NCC)[C@H]1C. The minimum atomic E-state index is -0.537. The first-order chi connectivity index (χ1) is 18.0. The summed E-state index contributed by atoms with van der Waals surface area (Å²) in [5, 5.41) is 13.1. The lowest BCUT2D eigenvalue weighted by Gasteiger charge is -2.64. The van der Waals surface area contributed by atoms with E-state index in [4.69, 9.17) is 0 Å². The topological polar surface area (TPSA) is 70.0 Å². The Labute approximate surface area is 239 Å². The van der Waals surface area contributed by atoms with Gasteiger partial charge < -0.3 is 5.32 Å². The van der Waals surface area contributed by atoms with Gasteiger partial charge in [0.05, 0.1) is 11.0 Å². The number of nitrogens with one attached hydrogen (secondary N) is 1. The van der Waals surface area contributed by atoms with Crippen LogP contribution in [0.15, 0.2) is 23.8 Å². The van der Waals surface area contributed by atoms with Gasteiger partial charge in [-0.15, -0.1) is 0 Å². The quantitative estimate of drug-likeness (QED) is 0.301. The molecule has 0 bridgehead atoms.